The summed E-state index contributed by atoms with van der Waals surface area (Å²) < 4.78 is 6.89. The average Bonchev–Trinajstić information content (AvgIpc) is 2.49. The zero-order chi connectivity index (χ0) is 14.4. The van der Waals surface area contributed by atoms with E-state index in [2.05, 4.69) is 32.9 Å². The van der Waals surface area contributed by atoms with Crippen molar-refractivity contribution in [3.05, 3.63) is 22.6 Å². The van der Waals surface area contributed by atoms with Gasteiger partial charge in [-0.05, 0) is 12.3 Å². The minimum Gasteiger partial charge on any atom is -0.378 e. The standard InChI is InChI=1S/C14H22BrN3O2/c1-2-3-12(9-15)11-18-14(19)8-13(10-16-18)17-4-6-20-7-5-17/h8,10,12H,2-7,9,11H2,1H3. The maximum Gasteiger partial charge on any atom is 0.268 e. The van der Waals surface area contributed by atoms with Crippen LogP contribution in [0, 0.1) is 5.92 Å². The van der Waals surface area contributed by atoms with Crippen LogP contribution < -0.4 is 10.5 Å². The highest BCUT2D eigenvalue weighted by molar-refractivity contribution is 9.09. The van der Waals surface area contributed by atoms with Gasteiger partial charge in [-0.15, -0.1) is 0 Å². The van der Waals surface area contributed by atoms with Crippen molar-refractivity contribution < 1.29 is 4.74 Å². The molecule has 0 N–H and O–H groups in total. The van der Waals surface area contributed by atoms with Gasteiger partial charge < -0.3 is 9.64 Å². The number of hydrogen-bond donors (Lipinski definition) is 0. The smallest absolute Gasteiger partial charge is 0.268 e. The summed E-state index contributed by atoms with van der Waals surface area (Å²) in [5, 5.41) is 5.23. The molecular formula is C14H22BrN3O2. The molecule has 0 spiro atoms. The summed E-state index contributed by atoms with van der Waals surface area (Å²) in [5.74, 6) is 0.458. The molecule has 1 aliphatic heterocycles. The lowest BCUT2D eigenvalue weighted by Crippen LogP contribution is -2.37. The average molecular weight is 344 g/mol. The van der Waals surface area contributed by atoms with E-state index in [1.807, 2.05) is 0 Å². The Hall–Kier alpha value is -0.880. The first-order chi connectivity index (χ1) is 9.74. The predicted molar refractivity (Wildman–Crippen MR) is 83.7 cm³/mol. The van der Waals surface area contributed by atoms with Crippen molar-refractivity contribution in [2.75, 3.05) is 36.5 Å². The van der Waals surface area contributed by atoms with E-state index in [4.69, 9.17) is 4.74 Å². The van der Waals surface area contributed by atoms with Crippen LogP contribution in [0.2, 0.25) is 0 Å². The molecule has 0 radical (unpaired) electrons. The van der Waals surface area contributed by atoms with E-state index in [9.17, 15) is 4.79 Å². The Labute approximate surface area is 128 Å². The van der Waals surface area contributed by atoms with Gasteiger partial charge in [0.15, 0.2) is 0 Å². The zero-order valence-electron chi connectivity index (χ0n) is 11.9. The van der Waals surface area contributed by atoms with Crippen molar-refractivity contribution in [2.45, 2.75) is 26.3 Å². The molecule has 1 aromatic heterocycles. The first kappa shape index (κ1) is 15.5. The summed E-state index contributed by atoms with van der Waals surface area (Å²) in [6.07, 6.45) is 4.02. The Kier molecular flexibility index (Phi) is 6.04. The Morgan fingerprint density at radius 3 is 2.80 bits per heavy atom. The molecule has 5 nitrogen and oxygen atoms in total. The summed E-state index contributed by atoms with van der Waals surface area (Å²) >= 11 is 3.51. The molecule has 1 aliphatic rings. The third-order valence-corrected chi connectivity index (χ3v) is 4.49. The highest BCUT2D eigenvalue weighted by Crippen LogP contribution is 2.13. The highest BCUT2D eigenvalue weighted by atomic mass is 79.9. The number of halogens is 1. The Balaban J connectivity index is 2.07. The Morgan fingerprint density at radius 2 is 2.20 bits per heavy atom. The van der Waals surface area contributed by atoms with Gasteiger partial charge in [-0.3, -0.25) is 4.79 Å². The maximum absolute atomic E-state index is 12.2. The van der Waals surface area contributed by atoms with Crippen LogP contribution in [-0.4, -0.2) is 41.4 Å². The van der Waals surface area contributed by atoms with Gasteiger partial charge in [-0.2, -0.15) is 5.10 Å². The molecule has 0 bridgehead atoms. The second-order valence-corrected chi connectivity index (χ2v) is 5.79. The number of morpholine rings is 1. The van der Waals surface area contributed by atoms with Crippen molar-refractivity contribution >= 4 is 21.6 Å². The van der Waals surface area contributed by atoms with Gasteiger partial charge in [0.05, 0.1) is 25.1 Å². The van der Waals surface area contributed by atoms with Crippen molar-refractivity contribution in [2.24, 2.45) is 5.92 Å². The van der Waals surface area contributed by atoms with E-state index in [1.165, 1.54) is 0 Å². The van der Waals surface area contributed by atoms with Crippen LogP contribution in [0.3, 0.4) is 0 Å². The second kappa shape index (κ2) is 7.78. The number of anilines is 1. The molecule has 2 rings (SSSR count). The van der Waals surface area contributed by atoms with Gasteiger partial charge in [0.25, 0.3) is 5.56 Å². The highest BCUT2D eigenvalue weighted by Gasteiger charge is 2.14. The molecule has 1 atom stereocenters. The molecule has 0 aromatic carbocycles. The SMILES string of the molecule is CCCC(CBr)Cn1ncc(N2CCOCC2)cc1=O. The van der Waals surface area contributed by atoms with Gasteiger partial charge in [-0.1, -0.05) is 29.3 Å². The fourth-order valence-corrected chi connectivity index (χ4v) is 2.95. The van der Waals surface area contributed by atoms with E-state index < -0.39 is 0 Å². The van der Waals surface area contributed by atoms with E-state index in [0.29, 0.717) is 25.7 Å². The molecule has 20 heavy (non-hydrogen) atoms. The molecule has 1 unspecified atom stereocenters. The Bertz CT molecular complexity index is 472. The fourth-order valence-electron chi connectivity index (χ4n) is 2.43. The lowest BCUT2D eigenvalue weighted by Gasteiger charge is -2.28. The zero-order valence-corrected chi connectivity index (χ0v) is 13.5. The third-order valence-electron chi connectivity index (χ3n) is 3.58. The van der Waals surface area contributed by atoms with Gasteiger partial charge in [0.2, 0.25) is 0 Å². The van der Waals surface area contributed by atoms with Crippen LogP contribution in [0.15, 0.2) is 17.1 Å². The number of ether oxygens (including phenoxy) is 1. The van der Waals surface area contributed by atoms with Crippen molar-refractivity contribution in [1.29, 1.82) is 0 Å². The summed E-state index contributed by atoms with van der Waals surface area (Å²) in [6, 6.07) is 1.69. The quantitative estimate of drug-likeness (QED) is 0.740. The first-order valence-corrected chi connectivity index (χ1v) is 8.32. The summed E-state index contributed by atoms with van der Waals surface area (Å²) in [5.41, 5.74) is 0.886. The fraction of sp³-hybridized carbons (Fsp3) is 0.714. The van der Waals surface area contributed by atoms with E-state index in [-0.39, 0.29) is 5.56 Å². The molecule has 1 aromatic rings. The van der Waals surface area contributed by atoms with Crippen LogP contribution in [0.25, 0.3) is 0 Å². The molecule has 2 heterocycles. The van der Waals surface area contributed by atoms with Crippen LogP contribution in [0.5, 0.6) is 0 Å². The largest absolute Gasteiger partial charge is 0.378 e. The normalized spacial score (nSPS) is 17.2. The van der Waals surface area contributed by atoms with Gasteiger partial charge in [0.1, 0.15) is 0 Å². The van der Waals surface area contributed by atoms with Crippen LogP contribution in [0.1, 0.15) is 19.8 Å². The first-order valence-electron chi connectivity index (χ1n) is 7.20. The number of hydrogen-bond acceptors (Lipinski definition) is 4. The van der Waals surface area contributed by atoms with Crippen LogP contribution in [0.4, 0.5) is 5.69 Å². The minimum absolute atomic E-state index is 0.0176. The van der Waals surface area contributed by atoms with Crippen molar-refractivity contribution in [3.8, 4) is 0 Å². The van der Waals surface area contributed by atoms with Gasteiger partial charge in [-0.25, -0.2) is 4.68 Å². The molecule has 112 valence electrons. The van der Waals surface area contributed by atoms with E-state index in [1.54, 1.807) is 16.9 Å². The second-order valence-electron chi connectivity index (χ2n) is 5.14. The van der Waals surface area contributed by atoms with Gasteiger partial charge in [0, 0.05) is 31.0 Å². The summed E-state index contributed by atoms with van der Waals surface area (Å²) in [4.78, 5) is 14.3. The maximum atomic E-state index is 12.2. The number of rotatable bonds is 6. The topological polar surface area (TPSA) is 47.4 Å². The minimum atomic E-state index is -0.0176. The summed E-state index contributed by atoms with van der Waals surface area (Å²) in [7, 11) is 0. The number of nitrogens with zero attached hydrogens (tertiary/aromatic N) is 3. The van der Waals surface area contributed by atoms with Crippen LogP contribution >= 0.6 is 15.9 Å². The molecular weight excluding hydrogens is 322 g/mol. The third kappa shape index (κ3) is 4.06. The Morgan fingerprint density at radius 1 is 1.45 bits per heavy atom. The molecule has 0 amide bonds. The molecule has 6 heteroatoms. The number of aromatic nitrogens is 2. The lowest BCUT2D eigenvalue weighted by molar-refractivity contribution is 0.122. The summed E-state index contributed by atoms with van der Waals surface area (Å²) in [6.45, 7) is 5.92. The monoisotopic (exact) mass is 343 g/mol. The van der Waals surface area contributed by atoms with Crippen molar-refractivity contribution in [1.82, 2.24) is 9.78 Å². The molecule has 0 aliphatic carbocycles. The van der Waals surface area contributed by atoms with Crippen LogP contribution in [-0.2, 0) is 11.3 Å². The van der Waals surface area contributed by atoms with E-state index >= 15 is 0 Å². The van der Waals surface area contributed by atoms with E-state index in [0.717, 1.165) is 36.9 Å². The number of alkyl halides is 1. The predicted octanol–water partition coefficient (Wildman–Crippen LogP) is 1.89. The van der Waals surface area contributed by atoms with Crippen molar-refractivity contribution in [3.63, 3.8) is 0 Å². The van der Waals surface area contributed by atoms with Gasteiger partial charge >= 0.3 is 0 Å². The molecule has 1 saturated heterocycles. The lowest BCUT2D eigenvalue weighted by atomic mass is 10.1. The molecule has 1 fully saturated rings. The molecule has 0 saturated carbocycles.